The van der Waals surface area contributed by atoms with Crippen molar-refractivity contribution in [3.8, 4) is 5.75 Å². The Labute approximate surface area is 313 Å². The van der Waals surface area contributed by atoms with Crippen LogP contribution in [0.4, 0.5) is 17.1 Å². The number of piperazine rings is 1. The monoisotopic (exact) mass is 751 g/mol. The number of aromatic nitrogens is 3. The van der Waals surface area contributed by atoms with Crippen molar-refractivity contribution in [1.29, 1.82) is 0 Å². The lowest BCUT2D eigenvalue weighted by molar-refractivity contribution is -0.190. The minimum Gasteiger partial charge on any atom is -0.491 e. The molecule has 0 amide bonds. The van der Waals surface area contributed by atoms with Crippen LogP contribution in [0.25, 0.3) is 0 Å². The molecule has 0 saturated carbocycles. The maximum Gasteiger partial charge on any atom is 0.217 e. The van der Waals surface area contributed by atoms with Gasteiger partial charge in [-0.15, -0.1) is 0 Å². The van der Waals surface area contributed by atoms with Gasteiger partial charge in [-0.2, -0.15) is 5.10 Å². The van der Waals surface area contributed by atoms with Crippen molar-refractivity contribution < 1.29 is 18.9 Å². The molecule has 1 aromatic heterocycles. The van der Waals surface area contributed by atoms with Crippen molar-refractivity contribution in [2.75, 3.05) is 62.8 Å². The second-order valence-corrected chi connectivity index (χ2v) is 14.9. The number of thioether (sulfide) groups is 1. The summed E-state index contributed by atoms with van der Waals surface area (Å²) < 4.78 is 26.2. The minimum absolute atomic E-state index is 0.124. The van der Waals surface area contributed by atoms with Crippen molar-refractivity contribution in [3.63, 3.8) is 0 Å². The van der Waals surface area contributed by atoms with E-state index < -0.39 is 5.79 Å². The summed E-state index contributed by atoms with van der Waals surface area (Å²) >= 11 is 14.5. The van der Waals surface area contributed by atoms with Crippen LogP contribution in [0.3, 0.4) is 0 Å². The highest BCUT2D eigenvalue weighted by Crippen LogP contribution is 2.40. The Morgan fingerprint density at radius 2 is 1.71 bits per heavy atom. The standard InChI is InChI=1S/C37H43Cl2N7O4S/c1-4-26(2)46-20-35(47-3)51-36(46)42-28-6-8-29(9-7-28)43-15-17-44(18-16-43)30-10-12-31(13-11-30)48-21-32-22-49-37(50-32,23-45-25-40-24-41-45)33-14-5-27(38)19-34(33)39/h5-14,19,24-26,32,35H,4,15-18,20-23H2,1-3H3/t26?,32-,35?,37-/m1/s1. The normalized spacial score (nSPS) is 23.7. The average molecular weight is 753 g/mol. The Morgan fingerprint density at radius 1 is 1.00 bits per heavy atom. The number of ether oxygens (including phenoxy) is 4. The number of hydrogen-bond acceptors (Lipinski definition) is 10. The smallest absolute Gasteiger partial charge is 0.217 e. The predicted molar refractivity (Wildman–Crippen MR) is 204 cm³/mol. The molecule has 270 valence electrons. The summed E-state index contributed by atoms with van der Waals surface area (Å²) in [7, 11) is 1.77. The minimum atomic E-state index is -1.15. The number of benzene rings is 3. The summed E-state index contributed by atoms with van der Waals surface area (Å²) in [5.41, 5.74) is 4.16. The fourth-order valence-corrected chi connectivity index (χ4v) is 8.23. The van der Waals surface area contributed by atoms with Gasteiger partial charge in [0.1, 0.15) is 43.1 Å². The fourth-order valence-electron chi connectivity index (χ4n) is 6.56. The first-order valence-electron chi connectivity index (χ1n) is 17.3. The van der Waals surface area contributed by atoms with Crippen LogP contribution in [-0.2, 0) is 26.5 Å². The van der Waals surface area contributed by atoms with Gasteiger partial charge in [0.2, 0.25) is 5.79 Å². The maximum absolute atomic E-state index is 6.60. The summed E-state index contributed by atoms with van der Waals surface area (Å²) in [6.45, 7) is 9.98. The van der Waals surface area contributed by atoms with E-state index in [1.165, 1.54) is 17.7 Å². The number of rotatable bonds is 12. The molecule has 0 bridgehead atoms. The van der Waals surface area contributed by atoms with E-state index in [1.807, 2.05) is 18.2 Å². The molecule has 3 saturated heterocycles. The van der Waals surface area contributed by atoms with Gasteiger partial charge in [0, 0.05) is 61.3 Å². The van der Waals surface area contributed by atoms with E-state index in [2.05, 4.69) is 75.0 Å². The topological polar surface area (TPSA) is 89.7 Å². The zero-order valence-electron chi connectivity index (χ0n) is 29.0. The van der Waals surface area contributed by atoms with Crippen LogP contribution in [-0.4, -0.2) is 95.5 Å². The lowest BCUT2D eigenvalue weighted by Gasteiger charge is -2.37. The summed E-state index contributed by atoms with van der Waals surface area (Å²) in [5, 5.41) is 6.27. The van der Waals surface area contributed by atoms with Gasteiger partial charge in [-0.25, -0.2) is 14.7 Å². The van der Waals surface area contributed by atoms with Gasteiger partial charge in [-0.05, 0) is 74.0 Å². The first-order valence-corrected chi connectivity index (χ1v) is 18.9. The molecule has 4 atom stereocenters. The summed E-state index contributed by atoms with van der Waals surface area (Å²) in [6.07, 6.45) is 3.84. The molecule has 51 heavy (non-hydrogen) atoms. The lowest BCUT2D eigenvalue weighted by atomic mass is 10.1. The number of amidine groups is 1. The maximum atomic E-state index is 6.60. The van der Waals surface area contributed by atoms with Gasteiger partial charge in [-0.3, -0.25) is 0 Å². The number of hydrogen-bond donors (Lipinski definition) is 0. The molecular formula is C37H43Cl2N7O4S. The van der Waals surface area contributed by atoms with Crippen molar-refractivity contribution in [1.82, 2.24) is 19.7 Å². The van der Waals surface area contributed by atoms with Crippen molar-refractivity contribution >= 4 is 57.2 Å². The average Bonchev–Trinajstić information content (AvgIpc) is 3.92. The van der Waals surface area contributed by atoms with E-state index in [0.29, 0.717) is 34.9 Å². The second kappa shape index (κ2) is 16.0. The molecule has 0 N–H and O–H groups in total. The third kappa shape index (κ3) is 8.27. The summed E-state index contributed by atoms with van der Waals surface area (Å²) in [4.78, 5) is 16.2. The highest BCUT2D eigenvalue weighted by Gasteiger charge is 2.45. The molecule has 0 spiro atoms. The molecule has 11 nitrogen and oxygen atoms in total. The van der Waals surface area contributed by atoms with Gasteiger partial charge >= 0.3 is 0 Å². The first-order chi connectivity index (χ1) is 24.8. The number of aliphatic imine (C=N–C) groups is 1. The van der Waals surface area contributed by atoms with Crippen molar-refractivity contribution in [2.24, 2.45) is 4.99 Å². The van der Waals surface area contributed by atoms with E-state index >= 15 is 0 Å². The van der Waals surface area contributed by atoms with Crippen LogP contribution in [0.15, 0.2) is 84.4 Å². The zero-order valence-corrected chi connectivity index (χ0v) is 31.4. The molecule has 3 fully saturated rings. The van der Waals surface area contributed by atoms with E-state index in [9.17, 15) is 0 Å². The summed E-state index contributed by atoms with van der Waals surface area (Å²) in [6, 6.07) is 22.6. The second-order valence-electron chi connectivity index (χ2n) is 12.9. The highest BCUT2D eigenvalue weighted by atomic mass is 35.5. The third-order valence-electron chi connectivity index (χ3n) is 9.61. The number of methoxy groups -OCH3 is 1. The van der Waals surface area contributed by atoms with Gasteiger partial charge in [-0.1, -0.05) is 48.0 Å². The molecule has 3 aliphatic heterocycles. The molecule has 7 rings (SSSR count). The molecular weight excluding hydrogens is 709 g/mol. The van der Waals surface area contributed by atoms with Gasteiger partial charge in [0.15, 0.2) is 5.17 Å². The molecule has 14 heteroatoms. The number of halogens is 2. The number of nitrogens with zero attached hydrogens (tertiary/aromatic N) is 7. The van der Waals surface area contributed by atoms with Gasteiger partial charge in [0.25, 0.3) is 0 Å². The van der Waals surface area contributed by atoms with E-state index in [0.717, 1.165) is 55.7 Å². The Kier molecular flexibility index (Phi) is 11.3. The molecule has 2 unspecified atom stereocenters. The van der Waals surface area contributed by atoms with Crippen LogP contribution in [0.5, 0.6) is 5.75 Å². The molecule has 3 aromatic carbocycles. The molecule has 0 aliphatic carbocycles. The lowest BCUT2D eigenvalue weighted by Crippen LogP contribution is -2.46. The van der Waals surface area contributed by atoms with Gasteiger partial charge in [0.05, 0.1) is 23.9 Å². The Morgan fingerprint density at radius 3 is 2.33 bits per heavy atom. The van der Waals surface area contributed by atoms with Crippen molar-refractivity contribution in [2.45, 2.75) is 50.2 Å². The fraction of sp³-hybridized carbons (Fsp3) is 0.432. The van der Waals surface area contributed by atoms with Crippen LogP contribution >= 0.6 is 35.0 Å². The quantitative estimate of drug-likeness (QED) is 0.150. The molecule has 0 radical (unpaired) electrons. The Bertz CT molecular complexity index is 1770. The Hall–Kier alpha value is -3.52. The zero-order chi connectivity index (χ0) is 35.4. The van der Waals surface area contributed by atoms with E-state index in [1.54, 1.807) is 42.0 Å². The predicted octanol–water partition coefficient (Wildman–Crippen LogP) is 7.07. The first kappa shape index (κ1) is 35.9. The van der Waals surface area contributed by atoms with Crippen LogP contribution in [0, 0.1) is 0 Å². The molecule has 3 aliphatic rings. The molecule has 4 heterocycles. The van der Waals surface area contributed by atoms with Crippen molar-refractivity contribution in [3.05, 3.63) is 95.0 Å². The highest BCUT2D eigenvalue weighted by molar-refractivity contribution is 8.14. The third-order valence-corrected chi connectivity index (χ3v) is 11.3. The summed E-state index contributed by atoms with van der Waals surface area (Å²) in [5.74, 6) is -0.381. The van der Waals surface area contributed by atoms with Crippen LogP contribution in [0.1, 0.15) is 25.8 Å². The van der Waals surface area contributed by atoms with Crippen LogP contribution < -0.4 is 14.5 Å². The number of anilines is 2. The van der Waals surface area contributed by atoms with Gasteiger partial charge < -0.3 is 33.6 Å². The Balaban J connectivity index is 0.912. The largest absolute Gasteiger partial charge is 0.491 e. The van der Waals surface area contributed by atoms with E-state index in [4.69, 9.17) is 47.1 Å². The SMILES string of the molecule is CCC(C)N1CC(OC)SC1=Nc1ccc(N2CCN(c3ccc(OC[C@@H]4CO[C@@](Cn5cncn5)(c5ccc(Cl)cc5Cl)O4)cc3)CC2)cc1. The molecule has 4 aromatic rings. The van der Waals surface area contributed by atoms with E-state index in [-0.39, 0.29) is 18.1 Å². The van der Waals surface area contributed by atoms with Crippen LogP contribution in [0.2, 0.25) is 10.0 Å².